The number of piperazine rings is 1. The lowest BCUT2D eigenvalue weighted by Crippen LogP contribution is -2.48. The Morgan fingerprint density at radius 3 is 2.54 bits per heavy atom. The van der Waals surface area contributed by atoms with E-state index in [4.69, 9.17) is 11.6 Å². The van der Waals surface area contributed by atoms with Crippen molar-refractivity contribution in [2.45, 2.75) is 13.5 Å². The number of hydrogen-bond acceptors (Lipinski definition) is 5. The molecular weight excluding hydrogens is 376 g/mol. The van der Waals surface area contributed by atoms with Crippen LogP contribution in [-0.2, 0) is 6.54 Å². The van der Waals surface area contributed by atoms with Crippen molar-refractivity contribution in [2.24, 2.45) is 0 Å². The van der Waals surface area contributed by atoms with E-state index in [1.807, 2.05) is 42.2 Å². The molecule has 1 aromatic carbocycles. The standard InChI is InChI=1S/C20H21ClN6O/c1-15-17(19(21)27(24-15)16-5-3-2-4-6-16)14-25-9-11-26(12-10-25)20(28)18-13-22-7-8-23-18/h2-8,13H,9-12,14H2,1H3. The van der Waals surface area contributed by atoms with Gasteiger partial charge < -0.3 is 4.90 Å². The van der Waals surface area contributed by atoms with E-state index >= 15 is 0 Å². The Labute approximate surface area is 168 Å². The highest BCUT2D eigenvalue weighted by molar-refractivity contribution is 6.30. The van der Waals surface area contributed by atoms with Crippen LogP contribution < -0.4 is 0 Å². The highest BCUT2D eigenvalue weighted by Crippen LogP contribution is 2.25. The van der Waals surface area contributed by atoms with Crippen molar-refractivity contribution in [3.8, 4) is 5.69 Å². The molecule has 1 aliphatic rings. The normalized spacial score (nSPS) is 15.0. The zero-order valence-electron chi connectivity index (χ0n) is 15.6. The zero-order valence-corrected chi connectivity index (χ0v) is 16.4. The summed E-state index contributed by atoms with van der Waals surface area (Å²) in [5.74, 6) is -0.0705. The first-order chi connectivity index (χ1) is 13.6. The Bertz CT molecular complexity index is 952. The topological polar surface area (TPSA) is 67.2 Å². The maximum atomic E-state index is 12.5. The molecule has 7 nitrogen and oxygen atoms in total. The van der Waals surface area contributed by atoms with Crippen LogP contribution in [0.1, 0.15) is 21.7 Å². The van der Waals surface area contributed by atoms with E-state index < -0.39 is 0 Å². The van der Waals surface area contributed by atoms with Gasteiger partial charge in [-0.05, 0) is 19.1 Å². The minimum Gasteiger partial charge on any atom is -0.335 e. The summed E-state index contributed by atoms with van der Waals surface area (Å²) in [5.41, 5.74) is 3.28. The third kappa shape index (κ3) is 3.76. The van der Waals surface area contributed by atoms with Gasteiger partial charge >= 0.3 is 0 Å². The number of carbonyl (C=O) groups is 1. The van der Waals surface area contributed by atoms with Crippen LogP contribution in [-0.4, -0.2) is 61.6 Å². The minimum absolute atomic E-state index is 0.0705. The van der Waals surface area contributed by atoms with Gasteiger partial charge in [0.2, 0.25) is 0 Å². The van der Waals surface area contributed by atoms with E-state index in [1.165, 1.54) is 6.20 Å². The van der Waals surface area contributed by atoms with Crippen molar-refractivity contribution in [3.63, 3.8) is 0 Å². The number of nitrogens with zero attached hydrogens (tertiary/aromatic N) is 6. The number of carbonyl (C=O) groups excluding carboxylic acids is 1. The number of hydrogen-bond donors (Lipinski definition) is 0. The SMILES string of the molecule is Cc1nn(-c2ccccc2)c(Cl)c1CN1CCN(C(=O)c2cnccn2)CC1. The molecule has 0 saturated carbocycles. The number of benzene rings is 1. The van der Waals surface area contributed by atoms with Gasteiger partial charge in [0, 0.05) is 50.7 Å². The average Bonchev–Trinajstić information content (AvgIpc) is 3.03. The Kier molecular flexibility index (Phi) is 5.36. The predicted octanol–water partition coefficient (Wildman–Crippen LogP) is 2.58. The van der Waals surface area contributed by atoms with E-state index in [0.717, 1.165) is 30.0 Å². The zero-order chi connectivity index (χ0) is 19.5. The number of rotatable bonds is 4. The molecule has 0 unspecified atom stereocenters. The molecule has 0 bridgehead atoms. The van der Waals surface area contributed by atoms with E-state index in [-0.39, 0.29) is 5.91 Å². The van der Waals surface area contributed by atoms with Crippen LogP contribution in [0.2, 0.25) is 5.15 Å². The summed E-state index contributed by atoms with van der Waals surface area (Å²) in [4.78, 5) is 24.7. The molecule has 0 spiro atoms. The number of para-hydroxylation sites is 1. The maximum Gasteiger partial charge on any atom is 0.274 e. The van der Waals surface area contributed by atoms with Gasteiger partial charge in [0.1, 0.15) is 10.8 Å². The molecule has 1 aliphatic heterocycles. The summed E-state index contributed by atoms with van der Waals surface area (Å²) >= 11 is 6.64. The van der Waals surface area contributed by atoms with Crippen molar-refractivity contribution in [3.05, 3.63) is 71.0 Å². The lowest BCUT2D eigenvalue weighted by molar-refractivity contribution is 0.0622. The number of halogens is 1. The van der Waals surface area contributed by atoms with Crippen LogP contribution in [0, 0.1) is 6.92 Å². The first kappa shape index (κ1) is 18.6. The molecule has 3 aromatic rings. The molecule has 1 amide bonds. The lowest BCUT2D eigenvalue weighted by atomic mass is 10.2. The molecule has 0 aliphatic carbocycles. The second-order valence-corrected chi connectivity index (χ2v) is 7.12. The largest absolute Gasteiger partial charge is 0.335 e. The Morgan fingerprint density at radius 2 is 1.86 bits per heavy atom. The molecule has 8 heteroatoms. The van der Waals surface area contributed by atoms with Gasteiger partial charge in [-0.2, -0.15) is 5.10 Å². The highest BCUT2D eigenvalue weighted by atomic mass is 35.5. The molecule has 4 rings (SSSR count). The van der Waals surface area contributed by atoms with Gasteiger partial charge in [-0.25, -0.2) is 9.67 Å². The molecule has 0 atom stereocenters. The predicted molar refractivity (Wildman–Crippen MR) is 107 cm³/mol. The van der Waals surface area contributed by atoms with Gasteiger partial charge in [0.25, 0.3) is 5.91 Å². The summed E-state index contributed by atoms with van der Waals surface area (Å²) < 4.78 is 1.78. The third-order valence-corrected chi connectivity index (χ3v) is 5.33. The van der Waals surface area contributed by atoms with Crippen LogP contribution in [0.3, 0.4) is 0 Å². The van der Waals surface area contributed by atoms with Gasteiger partial charge in [-0.1, -0.05) is 29.8 Å². The summed E-state index contributed by atoms with van der Waals surface area (Å²) in [6.07, 6.45) is 4.62. The van der Waals surface area contributed by atoms with Crippen molar-refractivity contribution in [2.75, 3.05) is 26.2 Å². The van der Waals surface area contributed by atoms with Crippen molar-refractivity contribution in [1.82, 2.24) is 29.5 Å². The molecule has 2 aromatic heterocycles. The van der Waals surface area contributed by atoms with Crippen LogP contribution in [0.5, 0.6) is 0 Å². The summed E-state index contributed by atoms with van der Waals surface area (Å²) in [6.45, 7) is 5.55. The third-order valence-electron chi connectivity index (χ3n) is 4.95. The molecule has 0 radical (unpaired) electrons. The first-order valence-electron chi connectivity index (χ1n) is 9.20. The van der Waals surface area contributed by atoms with Crippen molar-refractivity contribution < 1.29 is 4.79 Å². The Balaban J connectivity index is 1.42. The number of amides is 1. The maximum absolute atomic E-state index is 12.5. The van der Waals surface area contributed by atoms with E-state index in [2.05, 4.69) is 20.0 Å². The van der Waals surface area contributed by atoms with Crippen molar-refractivity contribution in [1.29, 1.82) is 0 Å². The lowest BCUT2D eigenvalue weighted by Gasteiger charge is -2.34. The molecule has 1 fully saturated rings. The average molecular weight is 397 g/mol. The van der Waals surface area contributed by atoms with E-state index in [9.17, 15) is 4.79 Å². The van der Waals surface area contributed by atoms with Crippen molar-refractivity contribution >= 4 is 17.5 Å². The van der Waals surface area contributed by atoms with Crippen LogP contribution >= 0.6 is 11.6 Å². The summed E-state index contributed by atoms with van der Waals surface area (Å²) in [6, 6.07) is 9.87. The molecule has 0 N–H and O–H groups in total. The summed E-state index contributed by atoms with van der Waals surface area (Å²) in [5, 5.41) is 5.25. The van der Waals surface area contributed by atoms with Gasteiger partial charge in [0.15, 0.2) is 0 Å². The van der Waals surface area contributed by atoms with Crippen LogP contribution in [0.25, 0.3) is 5.69 Å². The first-order valence-corrected chi connectivity index (χ1v) is 9.58. The quantitative estimate of drug-likeness (QED) is 0.678. The second-order valence-electron chi connectivity index (χ2n) is 6.76. The number of aryl methyl sites for hydroxylation is 1. The van der Waals surface area contributed by atoms with Crippen LogP contribution in [0.4, 0.5) is 0 Å². The Hall–Kier alpha value is -2.77. The summed E-state index contributed by atoms with van der Waals surface area (Å²) in [7, 11) is 0. The fourth-order valence-corrected chi connectivity index (χ4v) is 3.69. The fourth-order valence-electron chi connectivity index (χ4n) is 3.36. The van der Waals surface area contributed by atoms with Gasteiger partial charge in [-0.3, -0.25) is 14.7 Å². The van der Waals surface area contributed by atoms with E-state index in [0.29, 0.717) is 30.5 Å². The molecule has 1 saturated heterocycles. The molecule has 144 valence electrons. The van der Waals surface area contributed by atoms with E-state index in [1.54, 1.807) is 17.1 Å². The van der Waals surface area contributed by atoms with Gasteiger partial charge in [0.05, 0.1) is 17.6 Å². The number of aromatic nitrogens is 4. The molecule has 3 heterocycles. The molecular formula is C20H21ClN6O. The fraction of sp³-hybridized carbons (Fsp3) is 0.300. The smallest absolute Gasteiger partial charge is 0.274 e. The highest BCUT2D eigenvalue weighted by Gasteiger charge is 2.25. The second kappa shape index (κ2) is 8.08. The molecule has 28 heavy (non-hydrogen) atoms. The Morgan fingerprint density at radius 1 is 1.11 bits per heavy atom. The van der Waals surface area contributed by atoms with Gasteiger partial charge in [-0.15, -0.1) is 0 Å². The monoisotopic (exact) mass is 396 g/mol. The minimum atomic E-state index is -0.0705. The van der Waals surface area contributed by atoms with Crippen LogP contribution in [0.15, 0.2) is 48.9 Å².